The van der Waals surface area contributed by atoms with Crippen molar-refractivity contribution in [1.82, 2.24) is 9.59 Å². The molecule has 0 aliphatic carbocycles. The number of nitrogens with zero attached hydrogens (tertiary/aromatic N) is 2. The van der Waals surface area contributed by atoms with Crippen LogP contribution < -0.4 is 0 Å². The molecule has 1 atom stereocenters. The van der Waals surface area contributed by atoms with Crippen LogP contribution in [0.5, 0.6) is 0 Å². The molecule has 13 heavy (non-hydrogen) atoms. The van der Waals surface area contributed by atoms with E-state index >= 15 is 0 Å². The second kappa shape index (κ2) is 3.53. The maximum absolute atomic E-state index is 9.80. The molecule has 0 aliphatic rings. The lowest BCUT2D eigenvalue weighted by atomic mass is 10.1. The van der Waals surface area contributed by atoms with Gasteiger partial charge in [0.2, 0.25) is 0 Å². The van der Waals surface area contributed by atoms with Gasteiger partial charge in [-0.05, 0) is 35.5 Å². The minimum absolute atomic E-state index is 0.622. The van der Waals surface area contributed by atoms with Crippen LogP contribution in [0.2, 0.25) is 0 Å². The number of aliphatic hydroxyl groups excluding tert-OH is 1. The molecule has 1 N–H and O–H groups in total. The second-order valence-corrected chi connectivity index (χ2v) is 4.45. The van der Waals surface area contributed by atoms with Gasteiger partial charge in [0.1, 0.15) is 11.8 Å². The highest BCUT2D eigenvalue weighted by Crippen LogP contribution is 2.24. The van der Waals surface area contributed by atoms with Gasteiger partial charge in [0.05, 0.1) is 0 Å². The molecule has 0 saturated heterocycles. The number of hydrogen-bond donors (Lipinski definition) is 1. The zero-order chi connectivity index (χ0) is 9.26. The second-order valence-electron chi connectivity index (χ2n) is 2.72. The fourth-order valence-electron chi connectivity index (χ4n) is 1.07. The summed E-state index contributed by atoms with van der Waals surface area (Å²) in [7, 11) is 0. The molecule has 3 nitrogen and oxygen atoms in total. The number of aromatic nitrogens is 2. The quantitative estimate of drug-likeness (QED) is 0.828. The first-order valence-corrected chi connectivity index (χ1v) is 5.49. The van der Waals surface area contributed by atoms with Crippen molar-refractivity contribution >= 4 is 22.9 Å². The molecule has 0 radical (unpaired) electrons. The molecule has 0 aliphatic heterocycles. The van der Waals surface area contributed by atoms with Gasteiger partial charge in [-0.15, -0.1) is 16.4 Å². The third-order valence-corrected chi connectivity index (χ3v) is 3.13. The van der Waals surface area contributed by atoms with Gasteiger partial charge in [0.25, 0.3) is 0 Å². The first kappa shape index (κ1) is 8.80. The van der Waals surface area contributed by atoms with Gasteiger partial charge in [-0.1, -0.05) is 4.49 Å². The van der Waals surface area contributed by atoms with E-state index in [4.69, 9.17) is 0 Å². The van der Waals surface area contributed by atoms with E-state index in [0.29, 0.717) is 5.69 Å². The van der Waals surface area contributed by atoms with Crippen LogP contribution in [0.3, 0.4) is 0 Å². The summed E-state index contributed by atoms with van der Waals surface area (Å²) in [6, 6.07) is 1.97. The molecule has 68 valence electrons. The molecular formula is C8H8N2OS2. The molecule has 5 heteroatoms. The molecule has 2 aromatic rings. The minimum atomic E-state index is -0.622. The Morgan fingerprint density at radius 1 is 1.46 bits per heavy atom. The minimum Gasteiger partial charge on any atom is -0.382 e. The van der Waals surface area contributed by atoms with Gasteiger partial charge in [0, 0.05) is 10.3 Å². The van der Waals surface area contributed by atoms with Gasteiger partial charge < -0.3 is 5.11 Å². The molecule has 2 heterocycles. The van der Waals surface area contributed by atoms with Crippen LogP contribution in [0.1, 0.15) is 22.2 Å². The van der Waals surface area contributed by atoms with Crippen LogP contribution in [-0.4, -0.2) is 14.7 Å². The van der Waals surface area contributed by atoms with Crippen molar-refractivity contribution in [2.45, 2.75) is 13.0 Å². The van der Waals surface area contributed by atoms with Crippen molar-refractivity contribution in [3.63, 3.8) is 0 Å². The Kier molecular flexibility index (Phi) is 2.39. The average molecular weight is 212 g/mol. The van der Waals surface area contributed by atoms with Crippen LogP contribution in [0.4, 0.5) is 0 Å². The third-order valence-electron chi connectivity index (χ3n) is 1.72. The highest BCUT2D eigenvalue weighted by molar-refractivity contribution is 7.10. The van der Waals surface area contributed by atoms with Gasteiger partial charge in [0.15, 0.2) is 0 Å². The Morgan fingerprint density at radius 2 is 2.31 bits per heavy atom. The van der Waals surface area contributed by atoms with Crippen LogP contribution in [-0.2, 0) is 0 Å². The summed E-state index contributed by atoms with van der Waals surface area (Å²) >= 11 is 2.88. The first-order chi connectivity index (χ1) is 6.27. The van der Waals surface area contributed by atoms with E-state index in [1.165, 1.54) is 16.4 Å². The Morgan fingerprint density at radius 3 is 2.85 bits per heavy atom. The summed E-state index contributed by atoms with van der Waals surface area (Å²) in [5.41, 5.74) is 1.53. The lowest BCUT2D eigenvalue weighted by Gasteiger charge is -2.02. The van der Waals surface area contributed by atoms with Crippen molar-refractivity contribution < 1.29 is 5.11 Å². The molecule has 0 aromatic carbocycles. The monoisotopic (exact) mass is 212 g/mol. The molecule has 2 rings (SSSR count). The Balaban J connectivity index is 2.28. The maximum atomic E-state index is 9.80. The fraction of sp³-hybridized carbons (Fsp3) is 0.250. The summed E-state index contributed by atoms with van der Waals surface area (Å²) in [4.78, 5) is 1.19. The standard InChI is InChI=1S/C8H8N2OS2/c1-5-2-6(3-12-5)8(11)7-4-13-10-9-7/h2-4,8,11H,1H3. The van der Waals surface area contributed by atoms with Crippen LogP contribution in [0.25, 0.3) is 0 Å². The summed E-state index contributed by atoms with van der Waals surface area (Å²) in [5, 5.41) is 17.3. The lowest BCUT2D eigenvalue weighted by Crippen LogP contribution is -1.97. The van der Waals surface area contributed by atoms with Crippen molar-refractivity contribution in [3.05, 3.63) is 33.0 Å². The average Bonchev–Trinajstić information content (AvgIpc) is 2.72. The van der Waals surface area contributed by atoms with E-state index in [2.05, 4.69) is 9.59 Å². The van der Waals surface area contributed by atoms with E-state index in [-0.39, 0.29) is 0 Å². The maximum Gasteiger partial charge on any atom is 0.125 e. The lowest BCUT2D eigenvalue weighted by molar-refractivity contribution is 0.215. The molecule has 0 bridgehead atoms. The van der Waals surface area contributed by atoms with Crippen molar-refractivity contribution in [2.24, 2.45) is 0 Å². The molecule has 0 spiro atoms. The van der Waals surface area contributed by atoms with Crippen molar-refractivity contribution in [2.75, 3.05) is 0 Å². The highest BCUT2D eigenvalue weighted by atomic mass is 32.1. The van der Waals surface area contributed by atoms with Crippen molar-refractivity contribution in [3.8, 4) is 0 Å². The van der Waals surface area contributed by atoms with Gasteiger partial charge >= 0.3 is 0 Å². The van der Waals surface area contributed by atoms with Gasteiger partial charge in [-0.3, -0.25) is 0 Å². The molecule has 0 saturated carbocycles. The Bertz CT molecular complexity index is 383. The summed E-state index contributed by atoms with van der Waals surface area (Å²) in [6.07, 6.45) is -0.622. The van der Waals surface area contributed by atoms with Crippen LogP contribution in [0, 0.1) is 6.92 Å². The Labute approximate surface area is 83.8 Å². The SMILES string of the molecule is Cc1cc(C(O)c2csnn2)cs1. The van der Waals surface area contributed by atoms with Crippen molar-refractivity contribution in [1.29, 1.82) is 0 Å². The smallest absolute Gasteiger partial charge is 0.125 e. The van der Waals surface area contributed by atoms with Gasteiger partial charge in [-0.25, -0.2) is 0 Å². The molecule has 1 unspecified atom stereocenters. The zero-order valence-corrected chi connectivity index (χ0v) is 8.60. The van der Waals surface area contributed by atoms with E-state index in [1.54, 1.807) is 16.7 Å². The molecular weight excluding hydrogens is 204 g/mol. The topological polar surface area (TPSA) is 46.0 Å². The fourth-order valence-corrected chi connectivity index (χ4v) is 2.26. The number of hydrogen-bond acceptors (Lipinski definition) is 5. The Hall–Kier alpha value is -0.780. The van der Waals surface area contributed by atoms with E-state index in [1.807, 2.05) is 18.4 Å². The molecule has 2 aromatic heterocycles. The van der Waals surface area contributed by atoms with Crippen LogP contribution in [0.15, 0.2) is 16.8 Å². The van der Waals surface area contributed by atoms with E-state index < -0.39 is 6.10 Å². The number of rotatable bonds is 2. The van der Waals surface area contributed by atoms with E-state index in [0.717, 1.165) is 5.56 Å². The number of thiophene rings is 1. The summed E-state index contributed by atoms with van der Waals surface area (Å²) in [6.45, 7) is 2.01. The van der Waals surface area contributed by atoms with E-state index in [9.17, 15) is 5.11 Å². The highest BCUT2D eigenvalue weighted by Gasteiger charge is 2.13. The molecule has 0 amide bonds. The predicted molar refractivity (Wildman–Crippen MR) is 53.0 cm³/mol. The van der Waals surface area contributed by atoms with Crippen LogP contribution >= 0.6 is 22.9 Å². The summed E-state index contributed by atoms with van der Waals surface area (Å²) in [5.74, 6) is 0. The predicted octanol–water partition coefficient (Wildman–Crippen LogP) is 1.99. The largest absolute Gasteiger partial charge is 0.382 e. The third kappa shape index (κ3) is 1.77. The summed E-state index contributed by atoms with van der Waals surface area (Å²) < 4.78 is 3.71. The molecule has 0 fully saturated rings. The first-order valence-electron chi connectivity index (χ1n) is 3.77. The zero-order valence-electron chi connectivity index (χ0n) is 6.97. The number of aliphatic hydroxyl groups is 1. The normalized spacial score (nSPS) is 13.1. The number of aryl methyl sites for hydroxylation is 1. The van der Waals surface area contributed by atoms with Gasteiger partial charge in [-0.2, -0.15) is 0 Å².